The molecule has 0 saturated carbocycles. The van der Waals surface area contributed by atoms with Crippen molar-refractivity contribution in [1.82, 2.24) is 0 Å². The maximum Gasteiger partial charge on any atom is 0.342 e. The van der Waals surface area contributed by atoms with Gasteiger partial charge in [0.15, 0.2) is 11.5 Å². The van der Waals surface area contributed by atoms with E-state index < -0.39 is 17.5 Å². The van der Waals surface area contributed by atoms with Gasteiger partial charge >= 0.3 is 5.97 Å². The average molecular weight is 239 g/mol. The number of aryl methyl sites for hydroxylation is 1. The van der Waals surface area contributed by atoms with Gasteiger partial charge in [-0.05, 0) is 24.5 Å². The van der Waals surface area contributed by atoms with Crippen LogP contribution in [-0.4, -0.2) is 22.8 Å². The maximum atomic E-state index is 11.6. The second kappa shape index (κ2) is 5.43. The van der Waals surface area contributed by atoms with Crippen LogP contribution in [0.4, 0.5) is 5.69 Å². The summed E-state index contributed by atoms with van der Waals surface area (Å²) in [4.78, 5) is 11.6. The van der Waals surface area contributed by atoms with Crippen LogP contribution in [0.5, 0.6) is 11.5 Å². The van der Waals surface area contributed by atoms with Crippen LogP contribution >= 0.6 is 0 Å². The first-order chi connectivity index (χ1) is 8.02. The number of hydrogen-bond acceptors (Lipinski definition) is 5. The van der Waals surface area contributed by atoms with E-state index in [0.29, 0.717) is 18.4 Å². The van der Waals surface area contributed by atoms with Crippen LogP contribution in [0.2, 0.25) is 0 Å². The minimum Gasteiger partial charge on any atom is -0.504 e. The predicted octanol–water partition coefficient (Wildman–Crippen LogP) is 1.81. The molecule has 0 atom stereocenters. The molecule has 0 aromatic heterocycles. The number of aromatic hydroxyl groups is 2. The van der Waals surface area contributed by atoms with Crippen molar-refractivity contribution in [2.24, 2.45) is 0 Å². The van der Waals surface area contributed by atoms with E-state index in [4.69, 9.17) is 10.5 Å². The molecule has 94 valence electrons. The first kappa shape index (κ1) is 13.2. The number of hydrogen-bond donors (Lipinski definition) is 3. The Balaban J connectivity index is 3.15. The van der Waals surface area contributed by atoms with Gasteiger partial charge in [0.2, 0.25) is 0 Å². The predicted molar refractivity (Wildman–Crippen MR) is 64.1 cm³/mol. The standard InChI is InChI=1S/C12H17NO4/c1-3-5-17-12(16)8-6-7(4-2)9(13)11(15)10(8)14/h6,14-15H,3-5,13H2,1-2H3. The van der Waals surface area contributed by atoms with Crippen LogP contribution < -0.4 is 5.73 Å². The lowest BCUT2D eigenvalue weighted by Gasteiger charge is -2.11. The van der Waals surface area contributed by atoms with Gasteiger partial charge in [-0.3, -0.25) is 0 Å². The molecule has 0 aliphatic rings. The minimum atomic E-state index is -0.658. The molecule has 0 aliphatic carbocycles. The number of anilines is 1. The highest BCUT2D eigenvalue weighted by atomic mass is 16.5. The summed E-state index contributed by atoms with van der Waals surface area (Å²) in [5.41, 5.74) is 6.24. The van der Waals surface area contributed by atoms with Crippen LogP contribution in [-0.2, 0) is 11.2 Å². The minimum absolute atomic E-state index is 0.0537. The van der Waals surface area contributed by atoms with E-state index >= 15 is 0 Å². The molecule has 0 bridgehead atoms. The van der Waals surface area contributed by atoms with E-state index in [1.54, 1.807) is 0 Å². The number of phenolic OH excluding ortho intramolecular Hbond substituents is 2. The van der Waals surface area contributed by atoms with Crippen molar-refractivity contribution in [3.05, 3.63) is 17.2 Å². The number of rotatable bonds is 4. The first-order valence-electron chi connectivity index (χ1n) is 5.53. The van der Waals surface area contributed by atoms with E-state index in [0.717, 1.165) is 0 Å². The summed E-state index contributed by atoms with van der Waals surface area (Å²) in [6, 6.07) is 1.45. The van der Waals surface area contributed by atoms with Crippen molar-refractivity contribution in [2.45, 2.75) is 26.7 Å². The van der Waals surface area contributed by atoms with Gasteiger partial charge in [0.1, 0.15) is 5.56 Å². The number of nitrogen functional groups attached to an aromatic ring is 1. The fourth-order valence-corrected chi connectivity index (χ4v) is 1.45. The molecule has 0 fully saturated rings. The van der Waals surface area contributed by atoms with Crippen molar-refractivity contribution < 1.29 is 19.7 Å². The number of ether oxygens (including phenoxy) is 1. The van der Waals surface area contributed by atoms with Gasteiger partial charge in [0.25, 0.3) is 0 Å². The Kier molecular flexibility index (Phi) is 4.20. The molecule has 5 nitrogen and oxygen atoms in total. The van der Waals surface area contributed by atoms with Crippen LogP contribution in [0.3, 0.4) is 0 Å². The molecule has 4 N–H and O–H groups in total. The molecule has 0 spiro atoms. The topological polar surface area (TPSA) is 92.8 Å². The lowest BCUT2D eigenvalue weighted by Crippen LogP contribution is -2.08. The van der Waals surface area contributed by atoms with Crippen molar-refractivity contribution in [2.75, 3.05) is 12.3 Å². The highest BCUT2D eigenvalue weighted by Crippen LogP contribution is 2.37. The second-order valence-electron chi connectivity index (χ2n) is 3.68. The molecule has 1 aromatic rings. The zero-order valence-corrected chi connectivity index (χ0v) is 9.99. The second-order valence-corrected chi connectivity index (χ2v) is 3.68. The normalized spacial score (nSPS) is 10.2. The van der Waals surface area contributed by atoms with Crippen LogP contribution in [0.15, 0.2) is 6.07 Å². The van der Waals surface area contributed by atoms with Gasteiger partial charge in [0.05, 0.1) is 12.3 Å². The summed E-state index contributed by atoms with van der Waals surface area (Å²) in [6.45, 7) is 3.97. The molecule has 0 heterocycles. The monoisotopic (exact) mass is 239 g/mol. The summed E-state index contributed by atoms with van der Waals surface area (Å²) in [7, 11) is 0. The molecule has 0 aliphatic heterocycles. The summed E-state index contributed by atoms with van der Waals surface area (Å²) < 4.78 is 4.90. The molecule has 0 amide bonds. The Hall–Kier alpha value is -1.91. The summed E-state index contributed by atoms with van der Waals surface area (Å²) in [5, 5.41) is 19.2. The van der Waals surface area contributed by atoms with E-state index in [1.165, 1.54) is 6.07 Å². The van der Waals surface area contributed by atoms with Crippen molar-refractivity contribution in [3.63, 3.8) is 0 Å². The van der Waals surface area contributed by atoms with Crippen LogP contribution in [0.1, 0.15) is 36.2 Å². The Bertz CT molecular complexity index is 429. The SMILES string of the molecule is CCCOC(=O)c1cc(CC)c(N)c(O)c1O. The number of nitrogens with two attached hydrogens (primary N) is 1. The quantitative estimate of drug-likeness (QED) is 0.423. The third kappa shape index (κ3) is 2.61. The fourth-order valence-electron chi connectivity index (χ4n) is 1.45. The van der Waals surface area contributed by atoms with Gasteiger partial charge in [-0.25, -0.2) is 4.79 Å². The number of phenols is 2. The average Bonchev–Trinajstić information content (AvgIpc) is 2.33. The highest BCUT2D eigenvalue weighted by molar-refractivity contribution is 5.95. The van der Waals surface area contributed by atoms with Crippen LogP contribution in [0, 0.1) is 0 Å². The van der Waals surface area contributed by atoms with Gasteiger partial charge in [-0.2, -0.15) is 0 Å². The van der Waals surface area contributed by atoms with E-state index in [-0.39, 0.29) is 17.9 Å². The Morgan fingerprint density at radius 1 is 1.35 bits per heavy atom. The molecule has 0 unspecified atom stereocenters. The largest absolute Gasteiger partial charge is 0.504 e. The van der Waals surface area contributed by atoms with Crippen molar-refractivity contribution in [1.29, 1.82) is 0 Å². The molecule has 1 aromatic carbocycles. The number of benzene rings is 1. The Labute approximate surface area is 99.8 Å². The number of carbonyl (C=O) groups is 1. The van der Waals surface area contributed by atoms with E-state index in [2.05, 4.69) is 0 Å². The molecule has 0 saturated heterocycles. The summed E-state index contributed by atoms with van der Waals surface area (Å²) in [5.74, 6) is -1.65. The molecular formula is C12H17NO4. The Morgan fingerprint density at radius 2 is 2.00 bits per heavy atom. The van der Waals surface area contributed by atoms with Gasteiger partial charge in [0, 0.05) is 0 Å². The highest BCUT2D eigenvalue weighted by Gasteiger charge is 2.20. The Morgan fingerprint density at radius 3 is 2.53 bits per heavy atom. The van der Waals surface area contributed by atoms with Gasteiger partial charge < -0.3 is 20.7 Å². The van der Waals surface area contributed by atoms with Crippen molar-refractivity contribution in [3.8, 4) is 11.5 Å². The smallest absolute Gasteiger partial charge is 0.342 e. The lowest BCUT2D eigenvalue weighted by molar-refractivity contribution is 0.0501. The number of carbonyl (C=O) groups excluding carboxylic acids is 1. The third-order valence-electron chi connectivity index (χ3n) is 2.44. The van der Waals surface area contributed by atoms with Gasteiger partial charge in [-0.1, -0.05) is 13.8 Å². The molecule has 5 heteroatoms. The lowest BCUT2D eigenvalue weighted by atomic mass is 10.0. The van der Waals surface area contributed by atoms with Gasteiger partial charge in [-0.15, -0.1) is 0 Å². The fraction of sp³-hybridized carbons (Fsp3) is 0.417. The number of esters is 1. The maximum absolute atomic E-state index is 11.6. The van der Waals surface area contributed by atoms with E-state index in [1.807, 2.05) is 13.8 Å². The molecule has 0 radical (unpaired) electrons. The summed E-state index contributed by atoms with van der Waals surface area (Å²) >= 11 is 0. The van der Waals surface area contributed by atoms with Crippen LogP contribution in [0.25, 0.3) is 0 Å². The third-order valence-corrected chi connectivity index (χ3v) is 2.44. The summed E-state index contributed by atoms with van der Waals surface area (Å²) in [6.07, 6.45) is 1.24. The zero-order chi connectivity index (χ0) is 13.0. The zero-order valence-electron chi connectivity index (χ0n) is 9.99. The van der Waals surface area contributed by atoms with Crippen molar-refractivity contribution >= 4 is 11.7 Å². The van der Waals surface area contributed by atoms with E-state index in [9.17, 15) is 15.0 Å². The molecule has 1 rings (SSSR count). The first-order valence-corrected chi connectivity index (χ1v) is 5.53. The molecular weight excluding hydrogens is 222 g/mol. The molecule has 17 heavy (non-hydrogen) atoms.